The van der Waals surface area contributed by atoms with Crippen LogP contribution in [-0.4, -0.2) is 61.5 Å². The summed E-state index contributed by atoms with van der Waals surface area (Å²) in [5.74, 6) is 0.273. The van der Waals surface area contributed by atoms with Gasteiger partial charge in [-0.05, 0) is 19.9 Å². The van der Waals surface area contributed by atoms with Crippen LogP contribution in [-0.2, 0) is 4.79 Å². The van der Waals surface area contributed by atoms with Crippen LogP contribution in [0.4, 0.5) is 0 Å². The fourth-order valence-corrected chi connectivity index (χ4v) is 2.01. The molecular formula is C11H21N3O. The number of amides is 1. The van der Waals surface area contributed by atoms with Crippen LogP contribution in [0.3, 0.4) is 0 Å². The predicted molar refractivity (Wildman–Crippen MR) is 59.7 cm³/mol. The van der Waals surface area contributed by atoms with Gasteiger partial charge in [0, 0.05) is 32.2 Å². The van der Waals surface area contributed by atoms with Crippen molar-refractivity contribution in [1.82, 2.24) is 15.1 Å². The van der Waals surface area contributed by atoms with E-state index in [4.69, 9.17) is 0 Å². The van der Waals surface area contributed by atoms with Crippen molar-refractivity contribution in [2.75, 3.05) is 39.8 Å². The molecule has 1 heterocycles. The molecule has 1 amide bonds. The molecule has 1 N–H and O–H groups in total. The van der Waals surface area contributed by atoms with E-state index in [9.17, 15) is 4.79 Å². The van der Waals surface area contributed by atoms with Crippen LogP contribution in [0.5, 0.6) is 0 Å². The van der Waals surface area contributed by atoms with Crippen molar-refractivity contribution in [2.24, 2.45) is 0 Å². The topological polar surface area (TPSA) is 35.6 Å². The highest BCUT2D eigenvalue weighted by Crippen LogP contribution is 2.17. The fraction of sp³-hybridized carbons (Fsp3) is 0.909. The summed E-state index contributed by atoms with van der Waals surface area (Å²) in [7, 11) is 2.11. The van der Waals surface area contributed by atoms with Crippen LogP contribution in [0.15, 0.2) is 0 Å². The third-order valence-corrected chi connectivity index (χ3v) is 3.50. The van der Waals surface area contributed by atoms with E-state index in [2.05, 4.69) is 17.3 Å². The van der Waals surface area contributed by atoms with E-state index in [0.717, 1.165) is 26.2 Å². The molecule has 1 saturated carbocycles. The summed E-state index contributed by atoms with van der Waals surface area (Å²) in [5, 5.41) is 3.32. The predicted octanol–water partition coefficient (Wildman–Crippen LogP) is -0.0975. The molecular weight excluding hydrogens is 190 g/mol. The Morgan fingerprint density at radius 1 is 1.27 bits per heavy atom. The van der Waals surface area contributed by atoms with Gasteiger partial charge < -0.3 is 15.1 Å². The number of carbonyl (C=O) groups excluding carboxylic acids is 1. The number of piperazine rings is 1. The van der Waals surface area contributed by atoms with Gasteiger partial charge in [0.25, 0.3) is 0 Å². The lowest BCUT2D eigenvalue weighted by atomic mass is 9.93. The standard InChI is InChI=1S/C11H21N3O/c1-13-5-7-14(8-6-13)11(15)9-12-10-3-2-4-10/h10,12H,2-9H2,1H3. The molecule has 4 heteroatoms. The molecule has 1 aliphatic carbocycles. The zero-order valence-electron chi connectivity index (χ0n) is 9.54. The molecule has 1 aliphatic heterocycles. The Hall–Kier alpha value is -0.610. The van der Waals surface area contributed by atoms with Gasteiger partial charge in [-0.1, -0.05) is 6.42 Å². The third-order valence-electron chi connectivity index (χ3n) is 3.50. The average molecular weight is 211 g/mol. The van der Waals surface area contributed by atoms with E-state index < -0.39 is 0 Å². The van der Waals surface area contributed by atoms with Gasteiger partial charge in [0.05, 0.1) is 6.54 Å². The molecule has 0 radical (unpaired) electrons. The first-order valence-corrected chi connectivity index (χ1v) is 5.95. The van der Waals surface area contributed by atoms with Gasteiger partial charge in [-0.15, -0.1) is 0 Å². The zero-order chi connectivity index (χ0) is 10.7. The largest absolute Gasteiger partial charge is 0.339 e. The third kappa shape index (κ3) is 2.92. The molecule has 0 spiro atoms. The van der Waals surface area contributed by atoms with Crippen LogP contribution in [0.1, 0.15) is 19.3 Å². The zero-order valence-corrected chi connectivity index (χ0v) is 9.54. The molecule has 1 saturated heterocycles. The molecule has 0 atom stereocenters. The molecule has 2 rings (SSSR count). The number of hydrogen-bond acceptors (Lipinski definition) is 3. The molecule has 0 aromatic rings. The summed E-state index contributed by atoms with van der Waals surface area (Å²) in [6, 6.07) is 0.612. The van der Waals surface area contributed by atoms with Crippen molar-refractivity contribution < 1.29 is 4.79 Å². The minimum Gasteiger partial charge on any atom is -0.339 e. The number of hydrogen-bond donors (Lipinski definition) is 1. The van der Waals surface area contributed by atoms with Gasteiger partial charge in [-0.3, -0.25) is 4.79 Å². The fourth-order valence-electron chi connectivity index (χ4n) is 2.01. The first-order chi connectivity index (χ1) is 7.25. The lowest BCUT2D eigenvalue weighted by Gasteiger charge is -2.33. The van der Waals surface area contributed by atoms with Crippen molar-refractivity contribution in [1.29, 1.82) is 0 Å². The first-order valence-electron chi connectivity index (χ1n) is 5.95. The number of likely N-dealkylation sites (N-methyl/N-ethyl adjacent to an activating group) is 1. The van der Waals surface area contributed by atoms with E-state index in [1.807, 2.05) is 4.90 Å². The van der Waals surface area contributed by atoms with E-state index in [1.165, 1.54) is 19.3 Å². The van der Waals surface area contributed by atoms with Crippen molar-refractivity contribution in [2.45, 2.75) is 25.3 Å². The number of nitrogens with one attached hydrogen (secondary N) is 1. The number of carbonyl (C=O) groups is 1. The maximum absolute atomic E-state index is 11.8. The quantitative estimate of drug-likeness (QED) is 0.708. The average Bonchev–Trinajstić information content (AvgIpc) is 2.16. The highest BCUT2D eigenvalue weighted by atomic mass is 16.2. The Bertz CT molecular complexity index is 220. The Balaban J connectivity index is 1.66. The molecule has 86 valence electrons. The van der Waals surface area contributed by atoms with Crippen LogP contribution in [0.25, 0.3) is 0 Å². The molecule has 0 unspecified atom stereocenters. The Morgan fingerprint density at radius 2 is 1.93 bits per heavy atom. The summed E-state index contributed by atoms with van der Waals surface area (Å²) >= 11 is 0. The van der Waals surface area contributed by atoms with Crippen molar-refractivity contribution in [3.8, 4) is 0 Å². The Labute approximate surface area is 91.6 Å². The van der Waals surface area contributed by atoms with Gasteiger partial charge in [0.1, 0.15) is 0 Å². The second-order valence-electron chi connectivity index (χ2n) is 4.69. The van der Waals surface area contributed by atoms with Gasteiger partial charge >= 0.3 is 0 Å². The van der Waals surface area contributed by atoms with E-state index >= 15 is 0 Å². The molecule has 0 bridgehead atoms. The lowest BCUT2D eigenvalue weighted by Crippen LogP contribution is -2.51. The second-order valence-corrected chi connectivity index (χ2v) is 4.69. The van der Waals surface area contributed by atoms with Crippen LogP contribution in [0.2, 0.25) is 0 Å². The molecule has 0 aromatic heterocycles. The van der Waals surface area contributed by atoms with Crippen LogP contribution >= 0.6 is 0 Å². The summed E-state index contributed by atoms with van der Waals surface area (Å²) in [4.78, 5) is 16.0. The van der Waals surface area contributed by atoms with E-state index in [1.54, 1.807) is 0 Å². The molecule has 15 heavy (non-hydrogen) atoms. The Morgan fingerprint density at radius 3 is 2.47 bits per heavy atom. The summed E-state index contributed by atoms with van der Waals surface area (Å²) in [6.45, 7) is 4.34. The maximum Gasteiger partial charge on any atom is 0.236 e. The molecule has 2 fully saturated rings. The van der Waals surface area contributed by atoms with Crippen molar-refractivity contribution in [3.63, 3.8) is 0 Å². The Kier molecular flexibility index (Phi) is 3.59. The van der Waals surface area contributed by atoms with Gasteiger partial charge in [0.2, 0.25) is 5.91 Å². The van der Waals surface area contributed by atoms with Crippen LogP contribution < -0.4 is 5.32 Å². The summed E-state index contributed by atoms with van der Waals surface area (Å²) < 4.78 is 0. The minimum absolute atomic E-state index is 0.273. The van der Waals surface area contributed by atoms with E-state index in [0.29, 0.717) is 12.6 Å². The SMILES string of the molecule is CN1CCN(C(=O)CNC2CCC2)CC1. The minimum atomic E-state index is 0.273. The first kappa shape index (κ1) is 10.9. The monoisotopic (exact) mass is 211 g/mol. The van der Waals surface area contributed by atoms with Crippen LogP contribution in [0, 0.1) is 0 Å². The van der Waals surface area contributed by atoms with Crippen molar-refractivity contribution in [3.05, 3.63) is 0 Å². The van der Waals surface area contributed by atoms with Gasteiger partial charge in [-0.2, -0.15) is 0 Å². The highest BCUT2D eigenvalue weighted by molar-refractivity contribution is 5.78. The lowest BCUT2D eigenvalue weighted by molar-refractivity contribution is -0.132. The molecule has 4 nitrogen and oxygen atoms in total. The molecule has 0 aromatic carbocycles. The second kappa shape index (κ2) is 4.94. The maximum atomic E-state index is 11.8. The van der Waals surface area contributed by atoms with Crippen molar-refractivity contribution >= 4 is 5.91 Å². The number of nitrogens with zero attached hydrogens (tertiary/aromatic N) is 2. The molecule has 2 aliphatic rings. The summed E-state index contributed by atoms with van der Waals surface area (Å²) in [6.07, 6.45) is 3.81. The highest BCUT2D eigenvalue weighted by Gasteiger charge is 2.21. The summed E-state index contributed by atoms with van der Waals surface area (Å²) in [5.41, 5.74) is 0. The number of rotatable bonds is 3. The van der Waals surface area contributed by atoms with Gasteiger partial charge in [0.15, 0.2) is 0 Å². The van der Waals surface area contributed by atoms with E-state index in [-0.39, 0.29) is 5.91 Å². The smallest absolute Gasteiger partial charge is 0.236 e. The van der Waals surface area contributed by atoms with Gasteiger partial charge in [-0.25, -0.2) is 0 Å². The normalized spacial score (nSPS) is 23.9.